The van der Waals surface area contributed by atoms with Gasteiger partial charge in [0.2, 0.25) is 5.91 Å². The number of amides is 1. The molecule has 130 valence electrons. The molecule has 1 amide bonds. The molecule has 0 radical (unpaired) electrons. The van der Waals surface area contributed by atoms with Crippen LogP contribution in [0, 0.1) is 0 Å². The van der Waals surface area contributed by atoms with Gasteiger partial charge in [-0.25, -0.2) is 4.98 Å². The van der Waals surface area contributed by atoms with Gasteiger partial charge in [0.25, 0.3) is 0 Å². The number of nitrogens with zero attached hydrogens (tertiary/aromatic N) is 4. The first-order valence-corrected chi connectivity index (χ1v) is 8.89. The predicted molar refractivity (Wildman–Crippen MR) is 103 cm³/mol. The molecule has 0 saturated carbocycles. The summed E-state index contributed by atoms with van der Waals surface area (Å²) in [5.41, 5.74) is 4.23. The third-order valence-electron chi connectivity index (χ3n) is 5.51. The van der Waals surface area contributed by atoms with Crippen LogP contribution in [-0.4, -0.2) is 26.6 Å². The van der Waals surface area contributed by atoms with E-state index in [0.29, 0.717) is 13.0 Å². The van der Waals surface area contributed by atoms with Crippen LogP contribution < -0.4 is 4.90 Å². The molecule has 0 N–H and O–H groups in total. The van der Waals surface area contributed by atoms with E-state index in [1.165, 1.54) is 0 Å². The van der Waals surface area contributed by atoms with E-state index < -0.39 is 0 Å². The minimum atomic E-state index is 0.110. The molecule has 5 rings (SSSR count). The van der Waals surface area contributed by atoms with Gasteiger partial charge in [-0.15, -0.1) is 0 Å². The highest BCUT2D eigenvalue weighted by Gasteiger charge is 2.35. The summed E-state index contributed by atoms with van der Waals surface area (Å²) >= 11 is 0. The lowest BCUT2D eigenvalue weighted by Gasteiger charge is -2.18. The van der Waals surface area contributed by atoms with Crippen LogP contribution in [-0.2, 0) is 18.9 Å². The Labute approximate surface area is 151 Å². The maximum Gasteiger partial charge on any atom is 0.227 e. The van der Waals surface area contributed by atoms with Gasteiger partial charge < -0.3 is 14.0 Å². The summed E-state index contributed by atoms with van der Waals surface area (Å²) in [6.45, 7) is 0.671. The molecule has 5 nitrogen and oxygen atoms in total. The van der Waals surface area contributed by atoms with Gasteiger partial charge in [-0.1, -0.05) is 18.2 Å². The molecule has 1 aliphatic rings. The predicted octanol–water partition coefficient (Wildman–Crippen LogP) is 3.59. The van der Waals surface area contributed by atoms with Gasteiger partial charge in [-0.2, -0.15) is 0 Å². The van der Waals surface area contributed by atoms with E-state index in [0.717, 1.165) is 33.4 Å². The zero-order chi connectivity index (χ0) is 17.8. The SMILES string of the molecule is Cn1ccc2c(N3CC(c4nc5ccccc5n4C)CC3=O)cccc21. The molecular weight excluding hydrogens is 324 g/mol. The Kier molecular flexibility index (Phi) is 3.19. The number of anilines is 1. The van der Waals surface area contributed by atoms with Crippen molar-refractivity contribution in [2.45, 2.75) is 12.3 Å². The van der Waals surface area contributed by atoms with Crippen molar-refractivity contribution in [1.82, 2.24) is 14.1 Å². The highest BCUT2D eigenvalue weighted by molar-refractivity contribution is 6.04. The molecule has 3 heterocycles. The monoisotopic (exact) mass is 344 g/mol. The van der Waals surface area contributed by atoms with Crippen LogP contribution in [0.3, 0.4) is 0 Å². The lowest BCUT2D eigenvalue weighted by molar-refractivity contribution is -0.117. The summed E-state index contributed by atoms with van der Waals surface area (Å²) in [5, 5.41) is 1.12. The fourth-order valence-electron chi connectivity index (χ4n) is 4.16. The number of hydrogen-bond donors (Lipinski definition) is 0. The van der Waals surface area contributed by atoms with Crippen molar-refractivity contribution in [2.75, 3.05) is 11.4 Å². The highest BCUT2D eigenvalue weighted by atomic mass is 16.2. The molecule has 1 atom stereocenters. The van der Waals surface area contributed by atoms with Crippen molar-refractivity contribution in [3.8, 4) is 0 Å². The van der Waals surface area contributed by atoms with Crippen molar-refractivity contribution in [3.05, 3.63) is 60.6 Å². The molecule has 2 aromatic carbocycles. The molecule has 5 heteroatoms. The first-order valence-electron chi connectivity index (χ1n) is 8.89. The van der Waals surface area contributed by atoms with E-state index in [-0.39, 0.29) is 11.8 Å². The fraction of sp³-hybridized carbons (Fsp3) is 0.238. The van der Waals surface area contributed by atoms with E-state index in [1.807, 2.05) is 55.5 Å². The zero-order valence-electron chi connectivity index (χ0n) is 14.9. The maximum atomic E-state index is 12.8. The molecule has 26 heavy (non-hydrogen) atoms. The number of fused-ring (bicyclic) bond motifs is 2. The first-order chi connectivity index (χ1) is 12.6. The largest absolute Gasteiger partial charge is 0.350 e. The second-order valence-corrected chi connectivity index (χ2v) is 7.06. The summed E-state index contributed by atoms with van der Waals surface area (Å²) in [5.74, 6) is 1.26. The second kappa shape index (κ2) is 5.46. The zero-order valence-corrected chi connectivity index (χ0v) is 14.9. The van der Waals surface area contributed by atoms with Gasteiger partial charge in [0, 0.05) is 50.1 Å². The average Bonchev–Trinajstić information content (AvgIpc) is 3.32. The van der Waals surface area contributed by atoms with E-state index >= 15 is 0 Å². The highest BCUT2D eigenvalue weighted by Crippen LogP contribution is 2.36. The van der Waals surface area contributed by atoms with E-state index in [9.17, 15) is 4.79 Å². The van der Waals surface area contributed by atoms with Crippen molar-refractivity contribution >= 4 is 33.5 Å². The lowest BCUT2D eigenvalue weighted by atomic mass is 10.1. The number of aromatic nitrogens is 3. The molecule has 0 bridgehead atoms. The molecule has 1 unspecified atom stereocenters. The molecule has 2 aromatic heterocycles. The summed E-state index contributed by atoms with van der Waals surface area (Å²) in [7, 11) is 4.07. The minimum absolute atomic E-state index is 0.110. The summed E-state index contributed by atoms with van der Waals surface area (Å²) in [6.07, 6.45) is 2.54. The quantitative estimate of drug-likeness (QED) is 0.558. The van der Waals surface area contributed by atoms with E-state index in [1.54, 1.807) is 0 Å². The van der Waals surface area contributed by atoms with Gasteiger partial charge in [-0.05, 0) is 30.3 Å². The maximum absolute atomic E-state index is 12.8. The third-order valence-corrected chi connectivity index (χ3v) is 5.51. The van der Waals surface area contributed by atoms with Gasteiger partial charge in [-0.3, -0.25) is 4.79 Å². The Morgan fingerprint density at radius 1 is 1.00 bits per heavy atom. The van der Waals surface area contributed by atoms with Gasteiger partial charge >= 0.3 is 0 Å². The number of carbonyl (C=O) groups excluding carboxylic acids is 1. The van der Waals surface area contributed by atoms with Crippen LogP contribution >= 0.6 is 0 Å². The van der Waals surface area contributed by atoms with E-state index in [2.05, 4.69) is 27.3 Å². The van der Waals surface area contributed by atoms with Crippen LogP contribution in [0.5, 0.6) is 0 Å². The second-order valence-electron chi connectivity index (χ2n) is 7.06. The number of hydrogen-bond acceptors (Lipinski definition) is 2. The van der Waals surface area contributed by atoms with Crippen LogP contribution in [0.15, 0.2) is 54.7 Å². The number of benzene rings is 2. The number of carbonyl (C=O) groups is 1. The van der Waals surface area contributed by atoms with E-state index in [4.69, 9.17) is 4.98 Å². The third kappa shape index (κ3) is 2.10. The molecule has 1 aliphatic heterocycles. The number of imidazole rings is 1. The van der Waals surface area contributed by atoms with Crippen LogP contribution in [0.25, 0.3) is 21.9 Å². The molecule has 4 aromatic rings. The van der Waals surface area contributed by atoms with Crippen LogP contribution in [0.2, 0.25) is 0 Å². The normalized spacial score (nSPS) is 17.7. The fourth-order valence-corrected chi connectivity index (χ4v) is 4.16. The Balaban J connectivity index is 1.55. The lowest BCUT2D eigenvalue weighted by Crippen LogP contribution is -2.24. The van der Waals surface area contributed by atoms with Crippen molar-refractivity contribution < 1.29 is 4.79 Å². The number of para-hydroxylation sites is 2. The average molecular weight is 344 g/mol. The number of aryl methyl sites for hydroxylation is 2. The summed E-state index contributed by atoms with van der Waals surface area (Å²) in [4.78, 5) is 19.5. The Morgan fingerprint density at radius 2 is 1.81 bits per heavy atom. The van der Waals surface area contributed by atoms with Crippen molar-refractivity contribution in [2.24, 2.45) is 14.1 Å². The number of rotatable bonds is 2. The molecule has 0 aliphatic carbocycles. The molecule has 1 fully saturated rings. The minimum Gasteiger partial charge on any atom is -0.350 e. The Hall–Kier alpha value is -3.08. The topological polar surface area (TPSA) is 43.1 Å². The molecule has 1 saturated heterocycles. The molecule has 0 spiro atoms. The Bertz CT molecular complexity index is 1150. The van der Waals surface area contributed by atoms with Gasteiger partial charge in [0.1, 0.15) is 5.82 Å². The van der Waals surface area contributed by atoms with Crippen LogP contribution in [0.1, 0.15) is 18.2 Å². The summed E-state index contributed by atoms with van der Waals surface area (Å²) in [6, 6.07) is 16.4. The van der Waals surface area contributed by atoms with Gasteiger partial charge in [0.05, 0.1) is 16.7 Å². The first kappa shape index (κ1) is 15.2. The smallest absolute Gasteiger partial charge is 0.227 e. The standard InChI is InChI=1S/C21H20N4O/c1-23-11-10-15-17(23)8-5-9-18(15)25-13-14(12-20(25)26)21-22-16-6-3-4-7-19(16)24(21)2/h3-11,14H,12-13H2,1-2H3. The van der Waals surface area contributed by atoms with Crippen LogP contribution in [0.4, 0.5) is 5.69 Å². The van der Waals surface area contributed by atoms with Crippen molar-refractivity contribution in [3.63, 3.8) is 0 Å². The Morgan fingerprint density at radius 3 is 2.65 bits per heavy atom. The summed E-state index contributed by atoms with van der Waals surface area (Å²) < 4.78 is 4.21. The van der Waals surface area contributed by atoms with Crippen molar-refractivity contribution in [1.29, 1.82) is 0 Å². The van der Waals surface area contributed by atoms with Gasteiger partial charge in [0.15, 0.2) is 0 Å². The molecular formula is C21H20N4O.